The van der Waals surface area contributed by atoms with E-state index in [4.69, 9.17) is 9.47 Å². The van der Waals surface area contributed by atoms with Gasteiger partial charge in [-0.2, -0.15) is 0 Å². The highest BCUT2D eigenvalue weighted by atomic mass is 16.5. The van der Waals surface area contributed by atoms with Gasteiger partial charge in [-0.05, 0) is 51.2 Å². The molecule has 3 aromatic carbocycles. The number of fused-ring (bicyclic) bond motifs is 2. The first kappa shape index (κ1) is 12.4. The van der Waals surface area contributed by atoms with Crippen molar-refractivity contribution in [3.8, 4) is 16.9 Å². The van der Waals surface area contributed by atoms with Gasteiger partial charge in [0.2, 0.25) is 0 Å². The first-order chi connectivity index (χ1) is 10.4. The number of rotatable bonds is 2. The molecule has 21 heavy (non-hydrogen) atoms. The Labute approximate surface area is 123 Å². The second kappa shape index (κ2) is 4.90. The maximum absolute atomic E-state index is 5.67. The average molecular weight is 276 g/mol. The van der Waals surface area contributed by atoms with E-state index in [0.717, 1.165) is 5.75 Å². The predicted octanol–water partition coefficient (Wildman–Crippen LogP) is 4.55. The van der Waals surface area contributed by atoms with Crippen molar-refractivity contribution in [1.82, 2.24) is 0 Å². The summed E-state index contributed by atoms with van der Waals surface area (Å²) in [6, 6.07) is 19.1. The maximum atomic E-state index is 5.67. The third-order valence-corrected chi connectivity index (χ3v) is 4.13. The predicted molar refractivity (Wildman–Crippen MR) is 84.4 cm³/mol. The molecule has 4 rings (SSSR count). The minimum atomic E-state index is 0.696. The van der Waals surface area contributed by atoms with Crippen molar-refractivity contribution in [3.63, 3.8) is 0 Å². The van der Waals surface area contributed by atoms with Crippen LogP contribution < -0.4 is 4.74 Å². The topological polar surface area (TPSA) is 18.5 Å². The van der Waals surface area contributed by atoms with Gasteiger partial charge in [0.25, 0.3) is 0 Å². The standard InChI is InChI=1S/C19H16O2/c1-20-16-8-6-13(7-9-16)19-17-5-3-2-4-14(17)10-15-11-21-12-18(15)19/h2-10H,11-12H2,1H3. The van der Waals surface area contributed by atoms with E-state index in [1.807, 2.05) is 12.1 Å². The molecule has 3 aromatic rings. The van der Waals surface area contributed by atoms with Gasteiger partial charge in [-0.3, -0.25) is 0 Å². The molecule has 0 radical (unpaired) electrons. The lowest BCUT2D eigenvalue weighted by Crippen LogP contribution is -1.92. The average Bonchev–Trinajstić information content (AvgIpc) is 3.00. The summed E-state index contributed by atoms with van der Waals surface area (Å²) in [4.78, 5) is 0. The van der Waals surface area contributed by atoms with Crippen molar-refractivity contribution in [1.29, 1.82) is 0 Å². The second-order valence-electron chi connectivity index (χ2n) is 5.33. The molecule has 0 N–H and O–H groups in total. The van der Waals surface area contributed by atoms with E-state index in [2.05, 4.69) is 42.5 Å². The summed E-state index contributed by atoms with van der Waals surface area (Å²) in [7, 11) is 1.69. The third kappa shape index (κ3) is 1.99. The fourth-order valence-electron chi connectivity index (χ4n) is 3.09. The lowest BCUT2D eigenvalue weighted by Gasteiger charge is -2.13. The lowest BCUT2D eigenvalue weighted by molar-refractivity contribution is 0.134. The van der Waals surface area contributed by atoms with Crippen molar-refractivity contribution in [2.75, 3.05) is 7.11 Å². The van der Waals surface area contributed by atoms with Crippen LogP contribution in [0, 0.1) is 0 Å². The number of benzene rings is 3. The molecule has 0 atom stereocenters. The van der Waals surface area contributed by atoms with Crippen molar-refractivity contribution < 1.29 is 9.47 Å². The normalized spacial score (nSPS) is 13.4. The van der Waals surface area contributed by atoms with Crippen LogP contribution in [0.2, 0.25) is 0 Å². The molecule has 0 bridgehead atoms. The van der Waals surface area contributed by atoms with E-state index >= 15 is 0 Å². The zero-order valence-electron chi connectivity index (χ0n) is 11.9. The van der Waals surface area contributed by atoms with Crippen LogP contribution in [0.15, 0.2) is 54.6 Å². The van der Waals surface area contributed by atoms with Crippen LogP contribution in [0.4, 0.5) is 0 Å². The van der Waals surface area contributed by atoms with Crippen molar-refractivity contribution in [3.05, 3.63) is 65.7 Å². The van der Waals surface area contributed by atoms with Gasteiger partial charge < -0.3 is 9.47 Å². The quantitative estimate of drug-likeness (QED) is 0.684. The summed E-state index contributed by atoms with van der Waals surface area (Å²) in [5, 5.41) is 2.56. The molecular weight excluding hydrogens is 260 g/mol. The Bertz CT molecular complexity index is 804. The fourth-order valence-corrected chi connectivity index (χ4v) is 3.09. The Morgan fingerprint density at radius 2 is 1.76 bits per heavy atom. The van der Waals surface area contributed by atoms with Crippen molar-refractivity contribution in [2.24, 2.45) is 0 Å². The SMILES string of the molecule is COc1ccc(-c2c3c(cc4ccccc24)COC3)cc1. The Balaban J connectivity index is 2.01. The van der Waals surface area contributed by atoms with Gasteiger partial charge >= 0.3 is 0 Å². The second-order valence-corrected chi connectivity index (χ2v) is 5.33. The molecule has 0 fully saturated rings. The zero-order chi connectivity index (χ0) is 14.2. The molecule has 1 heterocycles. The number of ether oxygens (including phenoxy) is 2. The Morgan fingerprint density at radius 1 is 0.952 bits per heavy atom. The van der Waals surface area contributed by atoms with Crippen LogP contribution in [-0.2, 0) is 18.0 Å². The van der Waals surface area contributed by atoms with Gasteiger partial charge in [-0.1, -0.05) is 36.4 Å². The molecule has 2 nitrogen and oxygen atoms in total. The van der Waals surface area contributed by atoms with Crippen molar-refractivity contribution in [2.45, 2.75) is 13.2 Å². The van der Waals surface area contributed by atoms with Crippen molar-refractivity contribution >= 4 is 10.8 Å². The van der Waals surface area contributed by atoms with Gasteiger partial charge in [0, 0.05) is 0 Å². The Kier molecular flexibility index (Phi) is 2.90. The van der Waals surface area contributed by atoms with Gasteiger partial charge in [0.05, 0.1) is 20.3 Å². The minimum absolute atomic E-state index is 0.696. The molecule has 0 unspecified atom stereocenters. The first-order valence-corrected chi connectivity index (χ1v) is 7.12. The summed E-state index contributed by atoms with van der Waals surface area (Å²) in [5.41, 5.74) is 5.14. The maximum Gasteiger partial charge on any atom is 0.118 e. The minimum Gasteiger partial charge on any atom is -0.497 e. The highest BCUT2D eigenvalue weighted by Gasteiger charge is 2.19. The largest absolute Gasteiger partial charge is 0.497 e. The summed E-state index contributed by atoms with van der Waals surface area (Å²) in [6.45, 7) is 1.41. The highest BCUT2D eigenvalue weighted by molar-refractivity contribution is 5.99. The molecule has 0 amide bonds. The third-order valence-electron chi connectivity index (χ3n) is 4.13. The molecule has 1 aliphatic heterocycles. The van der Waals surface area contributed by atoms with E-state index in [0.29, 0.717) is 13.2 Å². The Morgan fingerprint density at radius 3 is 2.57 bits per heavy atom. The van der Waals surface area contributed by atoms with E-state index < -0.39 is 0 Å². The van der Waals surface area contributed by atoms with Crippen LogP contribution >= 0.6 is 0 Å². The van der Waals surface area contributed by atoms with E-state index in [1.165, 1.54) is 33.0 Å². The molecule has 2 heteroatoms. The Hall–Kier alpha value is -2.32. The van der Waals surface area contributed by atoms with Crippen LogP contribution in [0.5, 0.6) is 5.75 Å². The molecule has 1 aliphatic rings. The number of methoxy groups -OCH3 is 1. The lowest BCUT2D eigenvalue weighted by atomic mass is 9.91. The molecule has 104 valence electrons. The molecule has 0 saturated heterocycles. The summed E-state index contributed by atoms with van der Waals surface area (Å²) < 4.78 is 10.9. The van der Waals surface area contributed by atoms with Gasteiger partial charge in [-0.15, -0.1) is 0 Å². The summed E-state index contributed by atoms with van der Waals surface area (Å²) >= 11 is 0. The number of hydrogen-bond donors (Lipinski definition) is 0. The van der Waals surface area contributed by atoms with Gasteiger partial charge in [0.1, 0.15) is 5.75 Å². The molecular formula is C19H16O2. The van der Waals surface area contributed by atoms with E-state index in [-0.39, 0.29) is 0 Å². The van der Waals surface area contributed by atoms with Crippen LogP contribution in [0.1, 0.15) is 11.1 Å². The zero-order valence-corrected chi connectivity index (χ0v) is 11.9. The number of hydrogen-bond acceptors (Lipinski definition) is 2. The van der Waals surface area contributed by atoms with E-state index in [1.54, 1.807) is 7.11 Å². The summed E-state index contributed by atoms with van der Waals surface area (Å²) in [5.74, 6) is 0.881. The monoisotopic (exact) mass is 276 g/mol. The molecule has 0 spiro atoms. The molecule has 0 aromatic heterocycles. The first-order valence-electron chi connectivity index (χ1n) is 7.12. The van der Waals surface area contributed by atoms with Crippen LogP contribution in [0.25, 0.3) is 21.9 Å². The molecule has 0 saturated carbocycles. The van der Waals surface area contributed by atoms with E-state index in [9.17, 15) is 0 Å². The smallest absolute Gasteiger partial charge is 0.118 e. The summed E-state index contributed by atoms with van der Waals surface area (Å²) in [6.07, 6.45) is 0. The van der Waals surface area contributed by atoms with Gasteiger partial charge in [0.15, 0.2) is 0 Å². The van der Waals surface area contributed by atoms with Crippen LogP contribution in [0.3, 0.4) is 0 Å². The van der Waals surface area contributed by atoms with Crippen LogP contribution in [-0.4, -0.2) is 7.11 Å². The highest BCUT2D eigenvalue weighted by Crippen LogP contribution is 2.38. The van der Waals surface area contributed by atoms with Gasteiger partial charge in [-0.25, -0.2) is 0 Å². The fraction of sp³-hybridized carbons (Fsp3) is 0.158. The molecule has 0 aliphatic carbocycles.